The van der Waals surface area contributed by atoms with Crippen molar-refractivity contribution >= 4 is 9.84 Å². The minimum Gasteiger partial charge on any atom is -0.330 e. The van der Waals surface area contributed by atoms with Gasteiger partial charge in [0.25, 0.3) is 0 Å². The summed E-state index contributed by atoms with van der Waals surface area (Å²) in [5.74, 6) is 0.103. The summed E-state index contributed by atoms with van der Waals surface area (Å²) in [6.45, 7) is 6.84. The van der Waals surface area contributed by atoms with Gasteiger partial charge in [0.05, 0.1) is 10.1 Å². The zero-order valence-electron chi connectivity index (χ0n) is 13.3. The van der Waals surface area contributed by atoms with Gasteiger partial charge in [0.2, 0.25) is 0 Å². The quantitative estimate of drug-likeness (QED) is 0.932. The Labute approximate surface area is 128 Å². The lowest BCUT2D eigenvalue weighted by Crippen LogP contribution is -2.37. The molecule has 0 amide bonds. The van der Waals surface area contributed by atoms with Crippen LogP contribution in [0.2, 0.25) is 0 Å². The molecule has 0 heterocycles. The van der Waals surface area contributed by atoms with Crippen molar-refractivity contribution in [2.24, 2.45) is 11.7 Å². The van der Waals surface area contributed by atoms with Crippen LogP contribution in [0.4, 0.5) is 0 Å². The van der Waals surface area contributed by atoms with Crippen LogP contribution in [0.5, 0.6) is 0 Å². The molecule has 1 aromatic rings. The molecule has 2 unspecified atom stereocenters. The van der Waals surface area contributed by atoms with Crippen molar-refractivity contribution < 1.29 is 8.42 Å². The maximum absolute atomic E-state index is 12.9. The summed E-state index contributed by atoms with van der Waals surface area (Å²) in [5, 5.41) is -0.309. The molecular formula is C17H27NO2S. The van der Waals surface area contributed by atoms with Gasteiger partial charge in [-0.05, 0) is 48.4 Å². The summed E-state index contributed by atoms with van der Waals surface area (Å²) in [6.07, 6.45) is 3.75. The molecule has 4 heteroatoms. The van der Waals surface area contributed by atoms with E-state index in [0.717, 1.165) is 31.2 Å². The maximum atomic E-state index is 12.9. The van der Waals surface area contributed by atoms with Crippen LogP contribution in [-0.4, -0.2) is 20.2 Å². The van der Waals surface area contributed by atoms with Crippen molar-refractivity contribution in [3.05, 3.63) is 29.8 Å². The fourth-order valence-corrected chi connectivity index (χ4v) is 5.27. The minimum atomic E-state index is -3.27. The van der Waals surface area contributed by atoms with Crippen LogP contribution in [-0.2, 0) is 15.3 Å². The van der Waals surface area contributed by atoms with Gasteiger partial charge in [0.1, 0.15) is 0 Å². The summed E-state index contributed by atoms with van der Waals surface area (Å²) < 4.78 is 25.7. The molecule has 0 aliphatic heterocycles. The zero-order chi connectivity index (χ0) is 15.7. The summed E-state index contributed by atoms with van der Waals surface area (Å²) in [5.41, 5.74) is 6.97. The van der Waals surface area contributed by atoms with E-state index in [2.05, 4.69) is 20.8 Å². The Balaban J connectivity index is 2.31. The van der Waals surface area contributed by atoms with Crippen LogP contribution >= 0.6 is 0 Å². The molecule has 3 nitrogen and oxygen atoms in total. The first-order valence-corrected chi connectivity index (χ1v) is 9.36. The van der Waals surface area contributed by atoms with Crippen molar-refractivity contribution in [3.8, 4) is 0 Å². The van der Waals surface area contributed by atoms with Crippen LogP contribution in [0.3, 0.4) is 0 Å². The lowest BCUT2D eigenvalue weighted by atomic mass is 9.87. The summed E-state index contributed by atoms with van der Waals surface area (Å²) in [4.78, 5) is 0.445. The molecule has 2 N–H and O–H groups in total. The van der Waals surface area contributed by atoms with E-state index in [-0.39, 0.29) is 16.6 Å². The van der Waals surface area contributed by atoms with Crippen LogP contribution in [0.25, 0.3) is 0 Å². The molecule has 0 radical (unpaired) electrons. The normalized spacial score (nSPS) is 24.0. The first kappa shape index (κ1) is 16.5. The fraction of sp³-hybridized carbons (Fsp3) is 0.647. The molecule has 1 aliphatic rings. The Morgan fingerprint density at radius 3 is 2.19 bits per heavy atom. The predicted octanol–water partition coefficient (Wildman–Crippen LogP) is 3.28. The van der Waals surface area contributed by atoms with Crippen molar-refractivity contribution in [2.45, 2.75) is 62.0 Å². The van der Waals surface area contributed by atoms with Crippen LogP contribution in [0, 0.1) is 5.92 Å². The minimum absolute atomic E-state index is 0.0346. The van der Waals surface area contributed by atoms with Crippen molar-refractivity contribution in [2.75, 3.05) is 6.54 Å². The van der Waals surface area contributed by atoms with E-state index in [0.29, 0.717) is 11.4 Å². The Kier molecular flexibility index (Phi) is 4.79. The van der Waals surface area contributed by atoms with Gasteiger partial charge in [-0.2, -0.15) is 0 Å². The summed E-state index contributed by atoms with van der Waals surface area (Å²) >= 11 is 0. The summed E-state index contributed by atoms with van der Waals surface area (Å²) in [6, 6.07) is 7.40. The molecule has 1 fully saturated rings. The van der Waals surface area contributed by atoms with Gasteiger partial charge in [0, 0.05) is 0 Å². The molecule has 1 aliphatic carbocycles. The average molecular weight is 309 g/mol. The van der Waals surface area contributed by atoms with E-state index in [1.54, 1.807) is 12.1 Å². The molecule has 2 atom stereocenters. The van der Waals surface area contributed by atoms with Gasteiger partial charge in [-0.15, -0.1) is 0 Å². The van der Waals surface area contributed by atoms with Gasteiger partial charge < -0.3 is 5.73 Å². The Morgan fingerprint density at radius 2 is 1.67 bits per heavy atom. The highest BCUT2D eigenvalue weighted by Gasteiger charge is 2.35. The highest BCUT2D eigenvalue weighted by molar-refractivity contribution is 7.92. The topological polar surface area (TPSA) is 60.2 Å². The SMILES string of the molecule is CC(C)(C)c1ccc(S(=O)(=O)C2CCCCC2CN)cc1. The smallest absolute Gasteiger partial charge is 0.181 e. The first-order valence-electron chi connectivity index (χ1n) is 7.81. The molecule has 0 spiro atoms. The van der Waals surface area contributed by atoms with E-state index in [4.69, 9.17) is 5.73 Å². The molecule has 0 bridgehead atoms. The van der Waals surface area contributed by atoms with Crippen molar-refractivity contribution in [1.82, 2.24) is 0 Å². The third kappa shape index (κ3) is 3.49. The standard InChI is InChI=1S/C17H27NO2S/c1-17(2,3)14-8-10-15(11-9-14)21(19,20)16-7-5-4-6-13(16)12-18/h8-11,13,16H,4-7,12,18H2,1-3H3. The largest absolute Gasteiger partial charge is 0.330 e. The molecule has 2 rings (SSSR count). The highest BCUT2D eigenvalue weighted by atomic mass is 32.2. The van der Waals surface area contributed by atoms with Gasteiger partial charge in [-0.1, -0.05) is 45.7 Å². The predicted molar refractivity (Wildman–Crippen MR) is 87.1 cm³/mol. The number of rotatable bonds is 3. The zero-order valence-corrected chi connectivity index (χ0v) is 14.1. The number of sulfone groups is 1. The van der Waals surface area contributed by atoms with E-state index < -0.39 is 9.84 Å². The number of hydrogen-bond acceptors (Lipinski definition) is 3. The third-order valence-electron chi connectivity index (χ3n) is 4.59. The summed E-state index contributed by atoms with van der Waals surface area (Å²) in [7, 11) is -3.27. The van der Waals surface area contributed by atoms with E-state index in [1.807, 2.05) is 12.1 Å². The maximum Gasteiger partial charge on any atom is 0.181 e. The van der Waals surface area contributed by atoms with Crippen molar-refractivity contribution in [1.29, 1.82) is 0 Å². The monoisotopic (exact) mass is 309 g/mol. The van der Waals surface area contributed by atoms with E-state index in [9.17, 15) is 8.42 Å². The van der Waals surface area contributed by atoms with Gasteiger partial charge in [-0.25, -0.2) is 8.42 Å². The van der Waals surface area contributed by atoms with Gasteiger partial charge in [0.15, 0.2) is 9.84 Å². The van der Waals surface area contributed by atoms with Gasteiger partial charge >= 0.3 is 0 Å². The lowest BCUT2D eigenvalue weighted by Gasteiger charge is -2.30. The molecule has 1 aromatic carbocycles. The van der Waals surface area contributed by atoms with Crippen LogP contribution in [0.1, 0.15) is 52.0 Å². The van der Waals surface area contributed by atoms with Crippen LogP contribution < -0.4 is 5.73 Å². The third-order valence-corrected chi connectivity index (χ3v) is 6.94. The second-order valence-electron chi connectivity index (χ2n) is 7.14. The fourth-order valence-electron chi connectivity index (χ4n) is 3.17. The Bertz CT molecular complexity index is 570. The van der Waals surface area contributed by atoms with Gasteiger partial charge in [-0.3, -0.25) is 0 Å². The molecular weight excluding hydrogens is 282 g/mol. The Hall–Kier alpha value is -0.870. The first-order chi connectivity index (χ1) is 9.76. The van der Waals surface area contributed by atoms with E-state index in [1.165, 1.54) is 0 Å². The second-order valence-corrected chi connectivity index (χ2v) is 9.30. The highest BCUT2D eigenvalue weighted by Crippen LogP contribution is 2.33. The molecule has 1 saturated carbocycles. The average Bonchev–Trinajstić information content (AvgIpc) is 2.46. The lowest BCUT2D eigenvalue weighted by molar-refractivity contribution is 0.363. The number of nitrogens with two attached hydrogens (primary N) is 1. The Morgan fingerprint density at radius 1 is 1.10 bits per heavy atom. The second kappa shape index (κ2) is 6.09. The molecule has 0 aromatic heterocycles. The van der Waals surface area contributed by atoms with Crippen molar-refractivity contribution in [3.63, 3.8) is 0 Å². The van der Waals surface area contributed by atoms with E-state index >= 15 is 0 Å². The molecule has 118 valence electrons. The number of hydrogen-bond donors (Lipinski definition) is 1. The van der Waals surface area contributed by atoms with Crippen LogP contribution in [0.15, 0.2) is 29.2 Å². The molecule has 21 heavy (non-hydrogen) atoms. The number of benzene rings is 1. The molecule has 0 saturated heterocycles.